The molecule has 32 heavy (non-hydrogen) atoms. The number of hydrogen-bond donors (Lipinski definition) is 3. The van der Waals surface area contributed by atoms with Crippen molar-refractivity contribution in [3.8, 4) is 0 Å². The molecule has 1 aliphatic heterocycles. The minimum absolute atomic E-state index is 0.00498. The van der Waals surface area contributed by atoms with Crippen LogP contribution in [0, 0.1) is 11.6 Å². The molecule has 0 unspecified atom stereocenters. The fourth-order valence-corrected chi connectivity index (χ4v) is 3.49. The van der Waals surface area contributed by atoms with E-state index in [1.165, 1.54) is 6.20 Å². The Morgan fingerprint density at radius 2 is 1.66 bits per heavy atom. The van der Waals surface area contributed by atoms with E-state index in [-0.39, 0.29) is 11.4 Å². The minimum atomic E-state index is -1.02. The lowest BCUT2D eigenvalue weighted by Gasteiger charge is -2.34. The average Bonchev–Trinajstić information content (AvgIpc) is 3.22. The predicted molar refractivity (Wildman–Crippen MR) is 117 cm³/mol. The van der Waals surface area contributed by atoms with Gasteiger partial charge in [-0.3, -0.25) is 14.7 Å². The number of amides is 2. The van der Waals surface area contributed by atoms with Crippen molar-refractivity contribution < 1.29 is 18.4 Å². The van der Waals surface area contributed by atoms with Gasteiger partial charge in [0.1, 0.15) is 22.9 Å². The van der Waals surface area contributed by atoms with E-state index >= 15 is 0 Å². The number of piperazine rings is 1. The number of aromatic nitrogens is 2. The van der Waals surface area contributed by atoms with Gasteiger partial charge in [-0.05, 0) is 37.4 Å². The van der Waals surface area contributed by atoms with Crippen LogP contribution in [-0.4, -0.2) is 60.1 Å². The molecule has 4 rings (SSSR count). The summed E-state index contributed by atoms with van der Waals surface area (Å²) in [5.74, 6) is -3.58. The summed E-state index contributed by atoms with van der Waals surface area (Å²) >= 11 is 0. The zero-order valence-corrected chi connectivity index (χ0v) is 17.4. The third kappa shape index (κ3) is 4.59. The highest BCUT2D eigenvalue weighted by molar-refractivity contribution is 6.11. The van der Waals surface area contributed by atoms with E-state index < -0.39 is 29.0 Å². The largest absolute Gasteiger partial charge is 0.369 e. The molecule has 3 aromatic rings. The number of nitrogens with zero attached hydrogens (tertiary/aromatic N) is 3. The van der Waals surface area contributed by atoms with Crippen molar-refractivity contribution in [2.24, 2.45) is 0 Å². The molecule has 0 aliphatic carbocycles. The van der Waals surface area contributed by atoms with Crippen LogP contribution in [0.3, 0.4) is 0 Å². The van der Waals surface area contributed by atoms with E-state index in [0.717, 1.165) is 50.1 Å². The SMILES string of the molecule is CN1CCN(c2cccc(NC(=O)c3[nH]ncc3NC(=O)c3c(F)cccc3F)c2)CC1. The fourth-order valence-electron chi connectivity index (χ4n) is 3.49. The number of H-pyrrole nitrogens is 1. The number of halogens is 2. The Labute approximate surface area is 183 Å². The molecule has 1 aromatic heterocycles. The second-order valence-electron chi connectivity index (χ2n) is 7.50. The Hall–Kier alpha value is -3.79. The van der Waals surface area contributed by atoms with E-state index in [9.17, 15) is 18.4 Å². The Morgan fingerprint density at radius 1 is 0.969 bits per heavy atom. The van der Waals surface area contributed by atoms with Crippen LogP contribution in [-0.2, 0) is 0 Å². The van der Waals surface area contributed by atoms with Crippen LogP contribution in [0.2, 0.25) is 0 Å². The van der Waals surface area contributed by atoms with E-state index in [1.54, 1.807) is 6.07 Å². The molecule has 2 amide bonds. The van der Waals surface area contributed by atoms with Crippen LogP contribution in [0.15, 0.2) is 48.7 Å². The highest BCUT2D eigenvalue weighted by atomic mass is 19.1. The molecule has 10 heteroatoms. The molecule has 0 bridgehead atoms. The first-order valence-electron chi connectivity index (χ1n) is 10.1. The lowest BCUT2D eigenvalue weighted by Crippen LogP contribution is -2.44. The molecule has 0 spiro atoms. The molecule has 1 fully saturated rings. The minimum Gasteiger partial charge on any atom is -0.369 e. The van der Waals surface area contributed by atoms with Crippen molar-refractivity contribution in [1.29, 1.82) is 0 Å². The number of anilines is 3. The topological polar surface area (TPSA) is 93.4 Å². The summed E-state index contributed by atoms with van der Waals surface area (Å²) in [5.41, 5.74) is 0.785. The molecular formula is C22H22F2N6O2. The summed E-state index contributed by atoms with van der Waals surface area (Å²) in [6.07, 6.45) is 1.20. The zero-order valence-electron chi connectivity index (χ0n) is 17.4. The van der Waals surface area contributed by atoms with Crippen molar-refractivity contribution in [3.05, 3.63) is 71.6 Å². The number of carbonyl (C=O) groups excluding carboxylic acids is 2. The second kappa shape index (κ2) is 9.15. The Bertz CT molecular complexity index is 1120. The summed E-state index contributed by atoms with van der Waals surface area (Å²) in [6, 6.07) is 10.6. The molecule has 0 saturated carbocycles. The molecule has 2 heterocycles. The quantitative estimate of drug-likeness (QED) is 0.567. The molecule has 8 nitrogen and oxygen atoms in total. The van der Waals surface area contributed by atoms with Gasteiger partial charge < -0.3 is 20.4 Å². The number of nitrogens with one attached hydrogen (secondary N) is 3. The van der Waals surface area contributed by atoms with Crippen LogP contribution >= 0.6 is 0 Å². The van der Waals surface area contributed by atoms with Gasteiger partial charge in [0, 0.05) is 37.6 Å². The summed E-state index contributed by atoms with van der Waals surface area (Å²) in [7, 11) is 2.08. The van der Waals surface area contributed by atoms with E-state index in [1.807, 2.05) is 18.2 Å². The molecule has 2 aromatic carbocycles. The van der Waals surface area contributed by atoms with Gasteiger partial charge >= 0.3 is 0 Å². The van der Waals surface area contributed by atoms with E-state index in [4.69, 9.17) is 0 Å². The zero-order chi connectivity index (χ0) is 22.7. The van der Waals surface area contributed by atoms with Crippen LogP contribution in [0.1, 0.15) is 20.8 Å². The third-order valence-electron chi connectivity index (χ3n) is 5.28. The Balaban J connectivity index is 1.47. The first kappa shape index (κ1) is 21.4. The Kier molecular flexibility index (Phi) is 6.13. The van der Waals surface area contributed by atoms with Crippen LogP contribution < -0.4 is 15.5 Å². The summed E-state index contributed by atoms with van der Waals surface area (Å²) in [4.78, 5) is 29.6. The van der Waals surface area contributed by atoms with Crippen LogP contribution in [0.25, 0.3) is 0 Å². The van der Waals surface area contributed by atoms with E-state index in [2.05, 4.69) is 37.7 Å². The number of likely N-dealkylation sites (N-methyl/N-ethyl adjacent to an activating group) is 1. The number of rotatable bonds is 5. The van der Waals surface area contributed by atoms with Gasteiger partial charge in [0.15, 0.2) is 0 Å². The maximum atomic E-state index is 13.9. The molecular weight excluding hydrogens is 418 g/mol. The van der Waals surface area contributed by atoms with Crippen molar-refractivity contribution in [1.82, 2.24) is 15.1 Å². The summed E-state index contributed by atoms with van der Waals surface area (Å²) in [6.45, 7) is 3.68. The van der Waals surface area contributed by atoms with Gasteiger partial charge in [0.25, 0.3) is 11.8 Å². The fraction of sp³-hybridized carbons (Fsp3) is 0.227. The predicted octanol–water partition coefficient (Wildman–Crippen LogP) is 2.94. The lowest BCUT2D eigenvalue weighted by molar-refractivity contribution is 0.101. The maximum absolute atomic E-state index is 13.9. The maximum Gasteiger partial charge on any atom is 0.275 e. The summed E-state index contributed by atoms with van der Waals surface area (Å²) in [5, 5.41) is 11.4. The first-order chi connectivity index (χ1) is 15.4. The smallest absolute Gasteiger partial charge is 0.275 e. The van der Waals surface area contributed by atoms with Gasteiger partial charge in [-0.1, -0.05) is 12.1 Å². The highest BCUT2D eigenvalue weighted by Gasteiger charge is 2.21. The van der Waals surface area contributed by atoms with Crippen molar-refractivity contribution >= 4 is 28.9 Å². The van der Waals surface area contributed by atoms with Gasteiger partial charge in [-0.25, -0.2) is 8.78 Å². The number of aromatic amines is 1. The standard InChI is InChI=1S/C22H22F2N6O2/c1-29-8-10-30(11-9-29)15-5-2-4-14(12-15)26-22(32)20-18(13-25-28-20)27-21(31)19-16(23)6-3-7-17(19)24/h2-7,12-13H,8-11H2,1H3,(H,25,28)(H,26,32)(H,27,31). The average molecular weight is 440 g/mol. The third-order valence-corrected chi connectivity index (χ3v) is 5.28. The monoisotopic (exact) mass is 440 g/mol. The van der Waals surface area contributed by atoms with E-state index in [0.29, 0.717) is 5.69 Å². The normalized spacial score (nSPS) is 14.3. The molecule has 0 atom stereocenters. The van der Waals surface area contributed by atoms with Gasteiger partial charge in [-0.15, -0.1) is 0 Å². The molecule has 3 N–H and O–H groups in total. The molecule has 0 radical (unpaired) electrons. The van der Waals surface area contributed by atoms with Crippen LogP contribution in [0.5, 0.6) is 0 Å². The molecule has 1 saturated heterocycles. The molecule has 1 aliphatic rings. The Morgan fingerprint density at radius 3 is 2.38 bits per heavy atom. The van der Waals surface area contributed by atoms with Gasteiger partial charge in [0.2, 0.25) is 0 Å². The van der Waals surface area contributed by atoms with Gasteiger partial charge in [0.05, 0.1) is 11.9 Å². The van der Waals surface area contributed by atoms with Crippen LogP contribution in [0.4, 0.5) is 25.8 Å². The highest BCUT2D eigenvalue weighted by Crippen LogP contribution is 2.23. The number of hydrogen-bond acceptors (Lipinski definition) is 5. The summed E-state index contributed by atoms with van der Waals surface area (Å²) < 4.78 is 27.8. The lowest BCUT2D eigenvalue weighted by atomic mass is 10.2. The molecule has 166 valence electrons. The van der Waals surface area contributed by atoms with Gasteiger partial charge in [-0.2, -0.15) is 5.10 Å². The van der Waals surface area contributed by atoms with Crippen molar-refractivity contribution in [2.45, 2.75) is 0 Å². The second-order valence-corrected chi connectivity index (χ2v) is 7.50. The van der Waals surface area contributed by atoms with Crippen molar-refractivity contribution in [2.75, 3.05) is 48.8 Å². The number of carbonyl (C=O) groups is 2. The number of benzene rings is 2. The first-order valence-corrected chi connectivity index (χ1v) is 10.1. The van der Waals surface area contributed by atoms with Crippen molar-refractivity contribution in [3.63, 3.8) is 0 Å².